The summed E-state index contributed by atoms with van der Waals surface area (Å²) in [5.74, 6) is -1.58. The fourth-order valence-electron chi connectivity index (χ4n) is 5.93. The molecule has 14 heteroatoms. The molecule has 6 amide bonds. The number of thioether (sulfide) groups is 1. The van der Waals surface area contributed by atoms with Crippen molar-refractivity contribution in [1.82, 2.24) is 31.9 Å². The third-order valence-corrected chi connectivity index (χ3v) is 9.99. The molecule has 13 nitrogen and oxygen atoms in total. The maximum atomic E-state index is 13.5. The SMILES string of the molecule is CC(C)C[C@H](NC(=O)OCc1ccccc1)C(=O)N[C@@H](Cc1ccccc1)C(=O)C(=O)NCCNC(=O)CCCCC1SCC2NC(=O)NC21. The fraction of sp³-hybridized carbons (Fsp3) is 0.500. The van der Waals surface area contributed by atoms with Crippen molar-refractivity contribution in [3.05, 3.63) is 71.8 Å². The second kappa shape index (κ2) is 19.6. The van der Waals surface area contributed by atoms with Crippen molar-refractivity contribution in [2.24, 2.45) is 5.92 Å². The van der Waals surface area contributed by atoms with Crippen LogP contribution in [0.3, 0.4) is 0 Å². The summed E-state index contributed by atoms with van der Waals surface area (Å²) in [6.45, 7) is 3.99. The third kappa shape index (κ3) is 12.4. The van der Waals surface area contributed by atoms with Crippen LogP contribution in [0.2, 0.25) is 0 Å². The first-order valence-corrected chi connectivity index (χ1v) is 18.2. The zero-order chi connectivity index (χ0) is 35.9. The number of benzene rings is 2. The number of ketones is 1. The smallest absolute Gasteiger partial charge is 0.408 e. The van der Waals surface area contributed by atoms with Gasteiger partial charge in [-0.05, 0) is 36.3 Å². The first kappa shape index (κ1) is 38.2. The molecule has 0 aliphatic carbocycles. The maximum absolute atomic E-state index is 13.5. The number of nitrogens with one attached hydrogen (secondary N) is 6. The van der Waals surface area contributed by atoms with E-state index in [4.69, 9.17) is 4.74 Å². The molecule has 0 spiro atoms. The fourth-order valence-corrected chi connectivity index (χ4v) is 7.47. The summed E-state index contributed by atoms with van der Waals surface area (Å²) < 4.78 is 5.31. The highest BCUT2D eigenvalue weighted by atomic mass is 32.2. The average Bonchev–Trinajstić information content (AvgIpc) is 3.66. The molecule has 2 aliphatic rings. The predicted octanol–water partition coefficient (Wildman–Crippen LogP) is 2.58. The monoisotopic (exact) mass is 708 g/mol. The number of urea groups is 1. The molecule has 270 valence electrons. The second-order valence-corrected chi connectivity index (χ2v) is 14.2. The van der Waals surface area contributed by atoms with Crippen LogP contribution in [0, 0.1) is 5.92 Å². The van der Waals surface area contributed by atoms with Crippen molar-refractivity contribution in [3.63, 3.8) is 0 Å². The van der Waals surface area contributed by atoms with E-state index in [0.29, 0.717) is 18.1 Å². The number of hydrogen-bond acceptors (Lipinski definition) is 8. The van der Waals surface area contributed by atoms with Gasteiger partial charge in [0.15, 0.2) is 0 Å². The molecule has 5 atom stereocenters. The number of unbranched alkanes of at least 4 members (excludes halogenated alkanes) is 1. The number of hydrogen-bond donors (Lipinski definition) is 6. The lowest BCUT2D eigenvalue weighted by atomic mass is 9.99. The summed E-state index contributed by atoms with van der Waals surface area (Å²) >= 11 is 1.84. The standard InChI is InChI=1S/C36H48N6O7S/c1-23(2)19-27(41-36(48)49-21-25-13-7-4-8-14-25)33(45)39-26(20-24-11-5-3-6-12-24)32(44)34(46)38-18-17-37-30(43)16-10-9-15-29-31-28(22-50-29)40-35(47)42-31/h3-8,11-14,23,26-29,31H,9-10,15-22H2,1-2H3,(H,37,43)(H,38,46)(H,39,45)(H,41,48)(H2,40,42,47)/t26-,27-,28?,29?,31?/m0/s1. The predicted molar refractivity (Wildman–Crippen MR) is 190 cm³/mol. The van der Waals surface area contributed by atoms with Crippen LogP contribution >= 0.6 is 11.8 Å². The summed E-state index contributed by atoms with van der Waals surface area (Å²) in [5, 5.41) is 16.8. The van der Waals surface area contributed by atoms with Crippen molar-refractivity contribution in [2.45, 2.75) is 88.4 Å². The highest BCUT2D eigenvalue weighted by Crippen LogP contribution is 2.33. The number of carbonyl (C=O) groups is 6. The van der Waals surface area contributed by atoms with Gasteiger partial charge in [0.25, 0.3) is 5.91 Å². The van der Waals surface area contributed by atoms with E-state index in [1.54, 1.807) is 24.3 Å². The zero-order valence-corrected chi connectivity index (χ0v) is 29.4. The molecule has 6 N–H and O–H groups in total. The van der Waals surface area contributed by atoms with E-state index in [2.05, 4.69) is 31.9 Å². The number of amides is 6. The van der Waals surface area contributed by atoms with Gasteiger partial charge in [0, 0.05) is 36.9 Å². The molecule has 0 aromatic heterocycles. The lowest BCUT2D eigenvalue weighted by molar-refractivity contribution is -0.140. The molecule has 2 aromatic carbocycles. The summed E-state index contributed by atoms with van der Waals surface area (Å²) in [7, 11) is 0. The van der Waals surface area contributed by atoms with E-state index >= 15 is 0 Å². The van der Waals surface area contributed by atoms with Gasteiger partial charge in [0.1, 0.15) is 18.7 Å². The summed E-state index contributed by atoms with van der Waals surface area (Å²) in [6.07, 6.45) is 2.36. The molecule has 0 saturated carbocycles. The molecule has 3 unspecified atom stereocenters. The molecule has 50 heavy (non-hydrogen) atoms. The lowest BCUT2D eigenvalue weighted by Crippen LogP contribution is -2.55. The van der Waals surface area contributed by atoms with E-state index in [1.165, 1.54) is 0 Å². The van der Waals surface area contributed by atoms with Crippen LogP contribution in [0.25, 0.3) is 0 Å². The topological polar surface area (TPSA) is 184 Å². The zero-order valence-electron chi connectivity index (χ0n) is 28.6. The summed E-state index contributed by atoms with van der Waals surface area (Å²) in [4.78, 5) is 76.3. The Kier molecular flexibility index (Phi) is 15.0. The van der Waals surface area contributed by atoms with E-state index in [9.17, 15) is 28.8 Å². The van der Waals surface area contributed by atoms with Crippen molar-refractivity contribution >= 4 is 47.4 Å². The Bertz CT molecular complexity index is 1460. The third-order valence-electron chi connectivity index (χ3n) is 8.48. The van der Waals surface area contributed by atoms with Gasteiger partial charge in [-0.25, -0.2) is 9.59 Å². The Morgan fingerprint density at radius 3 is 2.24 bits per heavy atom. The number of Topliss-reactive ketones (excluding diaryl/α,β-unsaturated/α-hetero) is 1. The van der Waals surface area contributed by atoms with Gasteiger partial charge in [0.05, 0.1) is 12.1 Å². The normalized spacial score (nSPS) is 18.9. The van der Waals surface area contributed by atoms with Crippen molar-refractivity contribution in [1.29, 1.82) is 0 Å². The van der Waals surface area contributed by atoms with E-state index in [1.807, 2.05) is 62.0 Å². The van der Waals surface area contributed by atoms with Gasteiger partial charge >= 0.3 is 12.1 Å². The Balaban J connectivity index is 1.22. The molecule has 4 rings (SSSR count). The second-order valence-electron chi connectivity index (χ2n) is 13.0. The Labute approximate surface area is 297 Å². The van der Waals surface area contributed by atoms with Crippen molar-refractivity contribution < 1.29 is 33.5 Å². The Hall–Kier alpha value is -4.59. The van der Waals surface area contributed by atoms with Crippen LogP contribution in [0.15, 0.2) is 60.7 Å². The highest BCUT2D eigenvalue weighted by molar-refractivity contribution is 8.00. The number of rotatable bonds is 19. The Morgan fingerprint density at radius 2 is 1.54 bits per heavy atom. The first-order valence-electron chi connectivity index (χ1n) is 17.2. The minimum atomic E-state index is -1.20. The minimum Gasteiger partial charge on any atom is -0.445 e. The van der Waals surface area contributed by atoms with Gasteiger partial charge in [-0.1, -0.05) is 80.9 Å². The number of carbonyl (C=O) groups excluding carboxylic acids is 6. The molecule has 2 aliphatic heterocycles. The van der Waals surface area contributed by atoms with Gasteiger partial charge in [-0.3, -0.25) is 19.2 Å². The van der Waals surface area contributed by atoms with Crippen LogP contribution in [-0.4, -0.2) is 83.9 Å². The average molecular weight is 709 g/mol. The van der Waals surface area contributed by atoms with Gasteiger partial charge in [-0.2, -0.15) is 11.8 Å². The molecular weight excluding hydrogens is 660 g/mol. The Morgan fingerprint density at radius 1 is 0.860 bits per heavy atom. The molecule has 2 fully saturated rings. The van der Waals surface area contributed by atoms with Gasteiger partial charge < -0.3 is 36.6 Å². The molecule has 0 bridgehead atoms. The largest absolute Gasteiger partial charge is 0.445 e. The van der Waals surface area contributed by atoms with Crippen LogP contribution < -0.4 is 31.9 Å². The van der Waals surface area contributed by atoms with E-state index in [-0.39, 0.29) is 62.5 Å². The molecule has 0 radical (unpaired) electrons. The number of fused-ring (bicyclic) bond motifs is 1. The van der Waals surface area contributed by atoms with Crippen LogP contribution in [-0.2, 0) is 36.9 Å². The van der Waals surface area contributed by atoms with Crippen molar-refractivity contribution in [3.8, 4) is 0 Å². The molecule has 2 aromatic rings. The van der Waals surface area contributed by atoms with Crippen molar-refractivity contribution in [2.75, 3.05) is 18.8 Å². The van der Waals surface area contributed by atoms with Gasteiger partial charge in [0.2, 0.25) is 17.6 Å². The summed E-state index contributed by atoms with van der Waals surface area (Å²) in [6, 6.07) is 16.1. The van der Waals surface area contributed by atoms with E-state index < -0.39 is 35.8 Å². The quantitative estimate of drug-likeness (QED) is 0.0731. The maximum Gasteiger partial charge on any atom is 0.408 e. The van der Waals surface area contributed by atoms with Crippen LogP contribution in [0.1, 0.15) is 57.1 Å². The number of ether oxygens (including phenoxy) is 1. The molecule has 2 saturated heterocycles. The van der Waals surface area contributed by atoms with E-state index in [0.717, 1.165) is 29.7 Å². The van der Waals surface area contributed by atoms with Gasteiger partial charge in [-0.15, -0.1) is 0 Å². The van der Waals surface area contributed by atoms with Crippen LogP contribution in [0.4, 0.5) is 9.59 Å². The minimum absolute atomic E-state index is 0.0229. The highest BCUT2D eigenvalue weighted by Gasteiger charge is 2.42. The van der Waals surface area contributed by atoms with Crippen LogP contribution in [0.5, 0.6) is 0 Å². The lowest BCUT2D eigenvalue weighted by Gasteiger charge is -2.24. The molecular formula is C36H48N6O7S. The number of alkyl carbamates (subject to hydrolysis) is 1. The first-order chi connectivity index (χ1) is 24.1. The molecule has 2 heterocycles. The summed E-state index contributed by atoms with van der Waals surface area (Å²) in [5.41, 5.74) is 1.52.